The van der Waals surface area contributed by atoms with Crippen LogP contribution in [0.5, 0.6) is 0 Å². The molecule has 0 aliphatic carbocycles. The van der Waals surface area contributed by atoms with Crippen molar-refractivity contribution in [2.45, 2.75) is 64.3 Å². The Morgan fingerprint density at radius 2 is 2.00 bits per heavy atom. The first-order valence-electron chi connectivity index (χ1n) is 7.38. The highest BCUT2D eigenvalue weighted by Gasteiger charge is 2.40. The number of rotatable bonds is 8. The Kier molecular flexibility index (Phi) is 7.98. The number of terminal acetylenes is 1. The Morgan fingerprint density at radius 3 is 2.38 bits per heavy atom. The minimum Gasteiger partial charge on any atom is -0.469 e. The van der Waals surface area contributed by atoms with Gasteiger partial charge in [-0.15, -0.1) is 18.9 Å². The SMILES string of the molecule is C#CC[C@@H](O[Si](C)(C)C(C)(C)C)[C@H](CC=C)CC(=O)OC. The number of ether oxygens (including phenoxy) is 1. The molecule has 0 aromatic heterocycles. The van der Waals surface area contributed by atoms with Gasteiger partial charge < -0.3 is 9.16 Å². The molecule has 4 heteroatoms. The second-order valence-electron chi connectivity index (χ2n) is 6.89. The average molecular weight is 311 g/mol. The van der Waals surface area contributed by atoms with E-state index in [0.29, 0.717) is 19.3 Å². The summed E-state index contributed by atoms with van der Waals surface area (Å²) in [5.74, 6) is 2.46. The van der Waals surface area contributed by atoms with Crippen LogP contribution in [0, 0.1) is 18.3 Å². The van der Waals surface area contributed by atoms with Crippen molar-refractivity contribution < 1.29 is 14.0 Å². The average Bonchev–Trinajstić information content (AvgIpc) is 2.36. The highest BCUT2D eigenvalue weighted by Crippen LogP contribution is 2.39. The Labute approximate surface area is 131 Å². The second-order valence-corrected chi connectivity index (χ2v) is 11.6. The molecule has 0 saturated carbocycles. The highest BCUT2D eigenvalue weighted by molar-refractivity contribution is 6.74. The standard InChI is InChI=1S/C17H30O3Si/c1-9-11-14(13-16(18)19-6)15(12-10-2)20-21(7,8)17(3,4)5/h2,9,14-15H,1,11-13H2,3-8H3/t14-,15-/m1/s1. The first-order chi connectivity index (χ1) is 9.59. The van der Waals surface area contributed by atoms with E-state index in [1.807, 2.05) is 6.08 Å². The van der Waals surface area contributed by atoms with Crippen LogP contribution >= 0.6 is 0 Å². The zero-order valence-electron chi connectivity index (χ0n) is 14.4. The van der Waals surface area contributed by atoms with E-state index in [-0.39, 0.29) is 23.0 Å². The summed E-state index contributed by atoms with van der Waals surface area (Å²) >= 11 is 0. The minimum absolute atomic E-state index is 0.0140. The van der Waals surface area contributed by atoms with Gasteiger partial charge in [0.15, 0.2) is 8.32 Å². The zero-order valence-corrected chi connectivity index (χ0v) is 15.4. The summed E-state index contributed by atoms with van der Waals surface area (Å²) in [5, 5.41) is 0.101. The van der Waals surface area contributed by atoms with Crippen molar-refractivity contribution in [1.29, 1.82) is 0 Å². The molecule has 0 unspecified atom stereocenters. The Bertz CT molecular complexity index is 388. The van der Waals surface area contributed by atoms with Crippen molar-refractivity contribution in [3.63, 3.8) is 0 Å². The number of hydrogen-bond acceptors (Lipinski definition) is 3. The third-order valence-electron chi connectivity index (χ3n) is 4.22. The molecule has 0 N–H and O–H groups in total. The molecule has 0 aromatic rings. The summed E-state index contributed by atoms with van der Waals surface area (Å²) in [6.07, 6.45) is 8.68. The van der Waals surface area contributed by atoms with Crippen LogP contribution in [0.3, 0.4) is 0 Å². The Hall–Kier alpha value is -1.05. The van der Waals surface area contributed by atoms with Gasteiger partial charge in [-0.3, -0.25) is 4.79 Å². The molecule has 0 bridgehead atoms. The van der Waals surface area contributed by atoms with Crippen LogP contribution in [0.4, 0.5) is 0 Å². The molecule has 0 aliphatic rings. The third-order valence-corrected chi connectivity index (χ3v) is 8.73. The van der Waals surface area contributed by atoms with E-state index in [1.165, 1.54) is 7.11 Å². The summed E-state index contributed by atoms with van der Waals surface area (Å²) in [4.78, 5) is 11.6. The van der Waals surface area contributed by atoms with Gasteiger partial charge in [0.05, 0.1) is 19.6 Å². The molecule has 3 nitrogen and oxygen atoms in total. The number of esters is 1. The molecule has 0 rings (SSSR count). The van der Waals surface area contributed by atoms with Gasteiger partial charge in [-0.05, 0) is 30.5 Å². The quantitative estimate of drug-likeness (QED) is 0.292. The van der Waals surface area contributed by atoms with Crippen LogP contribution < -0.4 is 0 Å². The molecule has 0 aliphatic heterocycles. The van der Waals surface area contributed by atoms with Crippen LogP contribution in [0.1, 0.15) is 40.0 Å². The predicted molar refractivity (Wildman–Crippen MR) is 90.5 cm³/mol. The van der Waals surface area contributed by atoms with E-state index in [0.717, 1.165) is 0 Å². The van der Waals surface area contributed by atoms with Crippen LogP contribution in [0.2, 0.25) is 18.1 Å². The monoisotopic (exact) mass is 310 g/mol. The van der Waals surface area contributed by atoms with Crippen molar-refractivity contribution in [2.24, 2.45) is 5.92 Å². The molecule has 0 heterocycles. The van der Waals surface area contributed by atoms with Gasteiger partial charge in [-0.2, -0.15) is 0 Å². The number of allylic oxidation sites excluding steroid dienone is 1. The lowest BCUT2D eigenvalue weighted by Crippen LogP contribution is -2.46. The summed E-state index contributed by atoms with van der Waals surface area (Å²) < 4.78 is 11.2. The fraction of sp³-hybridized carbons (Fsp3) is 0.706. The molecule has 2 atom stereocenters. The maximum absolute atomic E-state index is 11.6. The first-order valence-corrected chi connectivity index (χ1v) is 10.3. The number of methoxy groups -OCH3 is 1. The maximum Gasteiger partial charge on any atom is 0.305 e. The topological polar surface area (TPSA) is 35.5 Å². The van der Waals surface area contributed by atoms with Crippen molar-refractivity contribution in [2.75, 3.05) is 7.11 Å². The van der Waals surface area contributed by atoms with Crippen molar-refractivity contribution in [3.8, 4) is 12.3 Å². The fourth-order valence-corrected chi connectivity index (χ4v) is 3.24. The summed E-state index contributed by atoms with van der Waals surface area (Å²) in [6, 6.07) is 0. The molecular weight excluding hydrogens is 280 g/mol. The van der Waals surface area contributed by atoms with Gasteiger partial charge >= 0.3 is 5.97 Å². The summed E-state index contributed by atoms with van der Waals surface area (Å²) in [6.45, 7) is 14.7. The molecule has 0 saturated heterocycles. The van der Waals surface area contributed by atoms with Gasteiger partial charge in [0.1, 0.15) is 0 Å². The van der Waals surface area contributed by atoms with E-state index in [9.17, 15) is 4.79 Å². The lowest BCUT2D eigenvalue weighted by molar-refractivity contribution is -0.142. The Morgan fingerprint density at radius 1 is 1.43 bits per heavy atom. The van der Waals surface area contributed by atoms with E-state index in [1.54, 1.807) is 0 Å². The maximum atomic E-state index is 11.6. The number of hydrogen-bond donors (Lipinski definition) is 0. The van der Waals surface area contributed by atoms with E-state index in [2.05, 4.69) is 46.4 Å². The van der Waals surface area contributed by atoms with E-state index < -0.39 is 8.32 Å². The fourth-order valence-electron chi connectivity index (χ4n) is 1.85. The van der Waals surface area contributed by atoms with Crippen LogP contribution in [-0.4, -0.2) is 27.5 Å². The molecule has 0 fully saturated rings. The molecule has 120 valence electrons. The van der Waals surface area contributed by atoms with E-state index in [4.69, 9.17) is 15.6 Å². The smallest absolute Gasteiger partial charge is 0.305 e. The minimum atomic E-state index is -1.94. The molecule has 0 radical (unpaired) electrons. The lowest BCUT2D eigenvalue weighted by atomic mass is 9.93. The molecular formula is C17H30O3Si. The van der Waals surface area contributed by atoms with Crippen LogP contribution in [-0.2, 0) is 14.0 Å². The number of carbonyl (C=O) groups excluding carboxylic acids is 1. The van der Waals surface area contributed by atoms with Crippen molar-refractivity contribution in [3.05, 3.63) is 12.7 Å². The zero-order chi connectivity index (χ0) is 16.7. The van der Waals surface area contributed by atoms with E-state index >= 15 is 0 Å². The van der Waals surface area contributed by atoms with Crippen LogP contribution in [0.15, 0.2) is 12.7 Å². The number of carbonyl (C=O) groups is 1. The van der Waals surface area contributed by atoms with Crippen molar-refractivity contribution >= 4 is 14.3 Å². The normalized spacial score (nSPS) is 14.9. The van der Waals surface area contributed by atoms with Crippen LogP contribution in [0.25, 0.3) is 0 Å². The van der Waals surface area contributed by atoms with Gasteiger partial charge in [0, 0.05) is 6.42 Å². The highest BCUT2D eigenvalue weighted by atomic mass is 28.4. The van der Waals surface area contributed by atoms with Gasteiger partial charge in [0.25, 0.3) is 0 Å². The largest absolute Gasteiger partial charge is 0.469 e. The second kappa shape index (κ2) is 8.40. The summed E-state index contributed by atoms with van der Waals surface area (Å²) in [5.41, 5.74) is 0. The van der Waals surface area contributed by atoms with Gasteiger partial charge in [-0.25, -0.2) is 0 Å². The first kappa shape index (κ1) is 19.9. The third kappa shape index (κ3) is 6.49. The van der Waals surface area contributed by atoms with Crippen molar-refractivity contribution in [1.82, 2.24) is 0 Å². The predicted octanol–water partition coefficient (Wildman–Crippen LogP) is 4.16. The lowest BCUT2D eigenvalue weighted by Gasteiger charge is -2.41. The molecule has 21 heavy (non-hydrogen) atoms. The molecule has 0 spiro atoms. The van der Waals surface area contributed by atoms with Gasteiger partial charge in [0.2, 0.25) is 0 Å². The molecule has 0 aromatic carbocycles. The Balaban J connectivity index is 5.18. The molecule has 0 amide bonds. The van der Waals surface area contributed by atoms with Gasteiger partial charge in [-0.1, -0.05) is 26.8 Å². The summed E-state index contributed by atoms with van der Waals surface area (Å²) in [7, 11) is -0.539.